The number of amides is 2. The van der Waals surface area contributed by atoms with Crippen LogP contribution in [0.2, 0.25) is 0 Å². The van der Waals surface area contributed by atoms with E-state index in [9.17, 15) is 9.59 Å². The van der Waals surface area contributed by atoms with Gasteiger partial charge in [-0.2, -0.15) is 0 Å². The maximum Gasteiger partial charge on any atom is 0.274 e. The van der Waals surface area contributed by atoms with Crippen LogP contribution >= 0.6 is 0 Å². The second-order valence-electron chi connectivity index (χ2n) is 5.47. The fourth-order valence-corrected chi connectivity index (χ4v) is 2.77. The molecule has 7 heteroatoms. The number of aromatic nitrogens is 2. The number of benzene rings is 1. The molecule has 3 rings (SSSR count). The Bertz CT molecular complexity index is 708. The first-order valence-corrected chi connectivity index (χ1v) is 7.69. The Morgan fingerprint density at radius 1 is 1.25 bits per heavy atom. The van der Waals surface area contributed by atoms with Gasteiger partial charge < -0.3 is 15.0 Å². The van der Waals surface area contributed by atoms with E-state index in [1.165, 1.54) is 23.5 Å². The van der Waals surface area contributed by atoms with Gasteiger partial charge in [-0.15, -0.1) is 0 Å². The number of hydrogen-bond donors (Lipinski definition) is 1. The molecule has 2 atom stereocenters. The quantitative estimate of drug-likeness (QED) is 0.902. The summed E-state index contributed by atoms with van der Waals surface area (Å²) in [5, 5.41) is 2.60. The van der Waals surface area contributed by atoms with Gasteiger partial charge in [0.25, 0.3) is 5.91 Å². The molecule has 0 bridgehead atoms. The third kappa shape index (κ3) is 3.34. The van der Waals surface area contributed by atoms with Gasteiger partial charge in [-0.3, -0.25) is 14.6 Å². The number of likely N-dealkylation sites (N-methyl/N-ethyl adjacent to an activating group) is 1. The van der Waals surface area contributed by atoms with Crippen molar-refractivity contribution in [2.45, 2.75) is 18.6 Å². The van der Waals surface area contributed by atoms with Crippen molar-refractivity contribution in [3.63, 3.8) is 0 Å². The Morgan fingerprint density at radius 3 is 2.71 bits per heavy atom. The zero-order valence-corrected chi connectivity index (χ0v) is 13.3. The van der Waals surface area contributed by atoms with Crippen LogP contribution in [0.3, 0.4) is 0 Å². The molecular formula is C17H18N4O3. The fraction of sp³-hybridized carbons (Fsp3) is 0.294. The highest BCUT2D eigenvalue weighted by Gasteiger charge is 2.41. The van der Waals surface area contributed by atoms with Gasteiger partial charge in [0, 0.05) is 25.9 Å². The van der Waals surface area contributed by atoms with Crippen LogP contribution in [0.25, 0.3) is 0 Å². The van der Waals surface area contributed by atoms with Crippen LogP contribution in [-0.2, 0) is 4.79 Å². The first-order chi connectivity index (χ1) is 11.7. The number of rotatable bonds is 4. The summed E-state index contributed by atoms with van der Waals surface area (Å²) >= 11 is 0. The van der Waals surface area contributed by atoms with Crippen molar-refractivity contribution in [3.8, 4) is 5.75 Å². The lowest BCUT2D eigenvalue weighted by molar-refractivity contribution is -0.124. The fourth-order valence-electron chi connectivity index (χ4n) is 2.77. The maximum atomic E-state index is 12.7. The molecule has 1 aliphatic rings. The number of nitrogens with one attached hydrogen (secondary N) is 1. The Kier molecular flexibility index (Phi) is 4.69. The average molecular weight is 326 g/mol. The van der Waals surface area contributed by atoms with E-state index < -0.39 is 6.04 Å². The number of para-hydroxylation sites is 1. The molecule has 1 aromatic heterocycles. The predicted octanol–water partition coefficient (Wildman–Crippen LogP) is 0.885. The molecule has 0 radical (unpaired) electrons. The van der Waals surface area contributed by atoms with E-state index in [0.29, 0.717) is 18.7 Å². The molecule has 0 saturated carbocycles. The van der Waals surface area contributed by atoms with Crippen molar-refractivity contribution in [2.24, 2.45) is 0 Å². The Morgan fingerprint density at radius 2 is 2.04 bits per heavy atom. The molecule has 7 nitrogen and oxygen atoms in total. The molecule has 1 fully saturated rings. The Hall–Kier alpha value is -2.96. The first-order valence-electron chi connectivity index (χ1n) is 7.69. The van der Waals surface area contributed by atoms with Crippen LogP contribution in [0.4, 0.5) is 0 Å². The second-order valence-corrected chi connectivity index (χ2v) is 5.47. The molecule has 124 valence electrons. The number of hydrogen-bond acceptors (Lipinski definition) is 5. The molecule has 0 spiro atoms. The van der Waals surface area contributed by atoms with E-state index in [1.807, 2.05) is 30.3 Å². The van der Waals surface area contributed by atoms with E-state index in [0.717, 1.165) is 0 Å². The Balaban J connectivity index is 1.78. The molecule has 2 aromatic rings. The summed E-state index contributed by atoms with van der Waals surface area (Å²) in [4.78, 5) is 34.3. The summed E-state index contributed by atoms with van der Waals surface area (Å²) in [5.41, 5.74) is 0.215. The smallest absolute Gasteiger partial charge is 0.274 e. The molecule has 1 N–H and O–H groups in total. The number of carbonyl (C=O) groups excluding carboxylic acids is 2. The highest BCUT2D eigenvalue weighted by Crippen LogP contribution is 2.24. The van der Waals surface area contributed by atoms with Crippen LogP contribution in [0.1, 0.15) is 16.9 Å². The lowest BCUT2D eigenvalue weighted by atomic mass is 10.2. The van der Waals surface area contributed by atoms with Crippen molar-refractivity contribution < 1.29 is 14.3 Å². The van der Waals surface area contributed by atoms with Crippen LogP contribution in [0, 0.1) is 0 Å². The highest BCUT2D eigenvalue weighted by atomic mass is 16.5. The topological polar surface area (TPSA) is 84.4 Å². The minimum Gasteiger partial charge on any atom is -0.488 e. The third-order valence-electron chi connectivity index (χ3n) is 3.90. The Labute approximate surface area is 139 Å². The number of ether oxygens (including phenoxy) is 1. The highest BCUT2D eigenvalue weighted by molar-refractivity contribution is 5.96. The standard InChI is InChI=1S/C17H18N4O3/c1-18-16(22)15-9-13(24-12-5-3-2-4-6-12)11-21(15)17(23)14-10-19-7-8-20-14/h2-8,10,13,15H,9,11H2,1H3,(H,18,22)/t13-,15-/m0/s1. The van der Waals surface area contributed by atoms with Gasteiger partial charge in [0.15, 0.2) is 0 Å². The summed E-state index contributed by atoms with van der Waals surface area (Å²) in [6, 6.07) is 8.77. The zero-order chi connectivity index (χ0) is 16.9. The lowest BCUT2D eigenvalue weighted by Gasteiger charge is -2.22. The predicted molar refractivity (Wildman–Crippen MR) is 86.4 cm³/mol. The van der Waals surface area contributed by atoms with Crippen molar-refractivity contribution in [1.29, 1.82) is 0 Å². The van der Waals surface area contributed by atoms with Gasteiger partial charge in [-0.05, 0) is 12.1 Å². The normalized spacial score (nSPS) is 19.8. The molecule has 1 aliphatic heterocycles. The van der Waals surface area contributed by atoms with Crippen LogP contribution in [-0.4, -0.2) is 52.4 Å². The number of nitrogens with zero attached hydrogens (tertiary/aromatic N) is 3. The van der Waals surface area contributed by atoms with Gasteiger partial charge in [-0.1, -0.05) is 18.2 Å². The van der Waals surface area contributed by atoms with Crippen LogP contribution < -0.4 is 10.1 Å². The third-order valence-corrected chi connectivity index (χ3v) is 3.90. The van der Waals surface area contributed by atoms with E-state index >= 15 is 0 Å². The van der Waals surface area contributed by atoms with Crippen LogP contribution in [0.5, 0.6) is 5.75 Å². The van der Waals surface area contributed by atoms with Crippen molar-refractivity contribution in [3.05, 3.63) is 54.6 Å². The van der Waals surface area contributed by atoms with Crippen LogP contribution in [0.15, 0.2) is 48.9 Å². The largest absolute Gasteiger partial charge is 0.488 e. The summed E-state index contributed by atoms with van der Waals surface area (Å²) in [5.74, 6) is 0.175. The van der Waals surface area contributed by atoms with Gasteiger partial charge in [0.1, 0.15) is 23.6 Å². The molecule has 0 aliphatic carbocycles. The van der Waals surface area contributed by atoms with Crippen molar-refractivity contribution in [1.82, 2.24) is 20.2 Å². The molecule has 2 heterocycles. The summed E-state index contributed by atoms with van der Waals surface area (Å²) in [7, 11) is 1.55. The summed E-state index contributed by atoms with van der Waals surface area (Å²) in [6.07, 6.45) is 4.53. The van der Waals surface area contributed by atoms with Crippen molar-refractivity contribution >= 4 is 11.8 Å². The molecule has 1 aromatic carbocycles. The molecule has 24 heavy (non-hydrogen) atoms. The molecule has 2 amide bonds. The summed E-state index contributed by atoms with van der Waals surface area (Å²) in [6.45, 7) is 0.322. The maximum absolute atomic E-state index is 12.7. The molecule has 1 saturated heterocycles. The summed E-state index contributed by atoms with van der Waals surface area (Å²) < 4.78 is 5.91. The molecular weight excluding hydrogens is 308 g/mol. The van der Waals surface area contributed by atoms with Gasteiger partial charge in [0.05, 0.1) is 12.7 Å². The SMILES string of the molecule is CNC(=O)[C@@H]1C[C@H](Oc2ccccc2)CN1C(=O)c1cnccn1. The zero-order valence-electron chi connectivity index (χ0n) is 13.3. The second kappa shape index (κ2) is 7.08. The van der Waals surface area contributed by atoms with Crippen molar-refractivity contribution in [2.75, 3.05) is 13.6 Å². The lowest BCUT2D eigenvalue weighted by Crippen LogP contribution is -2.45. The minimum atomic E-state index is -0.585. The van der Waals surface area contributed by atoms with Gasteiger partial charge in [0.2, 0.25) is 5.91 Å². The van der Waals surface area contributed by atoms with Gasteiger partial charge >= 0.3 is 0 Å². The number of likely N-dealkylation sites (tertiary alicyclic amines) is 1. The number of carbonyl (C=O) groups is 2. The van der Waals surface area contributed by atoms with E-state index in [-0.39, 0.29) is 23.6 Å². The minimum absolute atomic E-state index is 0.215. The van der Waals surface area contributed by atoms with E-state index in [1.54, 1.807) is 7.05 Å². The van der Waals surface area contributed by atoms with Gasteiger partial charge in [-0.25, -0.2) is 4.98 Å². The monoisotopic (exact) mass is 326 g/mol. The molecule has 0 unspecified atom stereocenters. The van der Waals surface area contributed by atoms with E-state index in [4.69, 9.17) is 4.74 Å². The van der Waals surface area contributed by atoms with E-state index in [2.05, 4.69) is 15.3 Å². The first kappa shape index (κ1) is 15.9. The average Bonchev–Trinajstić information content (AvgIpc) is 3.05.